The lowest BCUT2D eigenvalue weighted by atomic mass is 10.1. The molecule has 152 valence electrons. The van der Waals surface area contributed by atoms with Crippen molar-refractivity contribution in [1.82, 2.24) is 10.2 Å². The molecule has 1 unspecified atom stereocenters. The number of rotatable bonds is 11. The third kappa shape index (κ3) is 7.03. The predicted molar refractivity (Wildman–Crippen MR) is 106 cm³/mol. The predicted octanol–water partition coefficient (Wildman–Crippen LogP) is 2.60. The summed E-state index contributed by atoms with van der Waals surface area (Å²) in [5, 5.41) is 4.90. The van der Waals surface area contributed by atoms with E-state index in [9.17, 15) is 14.0 Å². The third-order valence-corrected chi connectivity index (χ3v) is 4.91. The molecule has 0 fully saturated rings. The largest absolute Gasteiger partial charge is 0.465 e. The van der Waals surface area contributed by atoms with Gasteiger partial charge in [0.2, 0.25) is 5.91 Å². The summed E-state index contributed by atoms with van der Waals surface area (Å²) < 4.78 is 23.3. The van der Waals surface area contributed by atoms with Crippen molar-refractivity contribution in [2.75, 3.05) is 40.0 Å². The molecule has 0 radical (unpaired) electrons. The molecular formula is C20H25FN2O4S. The first-order valence-electron chi connectivity index (χ1n) is 8.98. The Hall–Kier alpha value is -2.29. The van der Waals surface area contributed by atoms with Crippen LogP contribution in [0.5, 0.6) is 0 Å². The van der Waals surface area contributed by atoms with Crippen molar-refractivity contribution >= 4 is 23.2 Å². The monoisotopic (exact) mass is 408 g/mol. The molecule has 0 spiro atoms. The van der Waals surface area contributed by atoms with Crippen LogP contribution in [0.2, 0.25) is 0 Å². The van der Waals surface area contributed by atoms with Crippen molar-refractivity contribution in [3.8, 4) is 0 Å². The quantitative estimate of drug-likeness (QED) is 0.579. The number of hydrogen-bond acceptors (Lipinski definition) is 6. The molecule has 2 rings (SSSR count). The van der Waals surface area contributed by atoms with Gasteiger partial charge in [-0.15, -0.1) is 11.3 Å². The molecule has 28 heavy (non-hydrogen) atoms. The van der Waals surface area contributed by atoms with Crippen molar-refractivity contribution in [2.24, 2.45) is 0 Å². The Labute approximate surface area is 168 Å². The summed E-state index contributed by atoms with van der Waals surface area (Å²) in [4.78, 5) is 27.1. The van der Waals surface area contributed by atoms with Crippen LogP contribution in [-0.2, 0) is 19.1 Å². The van der Waals surface area contributed by atoms with Crippen LogP contribution in [0.15, 0.2) is 41.8 Å². The van der Waals surface area contributed by atoms with Gasteiger partial charge >= 0.3 is 5.97 Å². The minimum Gasteiger partial charge on any atom is -0.465 e. The Morgan fingerprint density at radius 2 is 1.96 bits per heavy atom. The number of methoxy groups -OCH3 is 1. The van der Waals surface area contributed by atoms with E-state index in [-0.39, 0.29) is 43.4 Å². The van der Waals surface area contributed by atoms with Crippen LogP contribution in [-0.4, -0.2) is 56.7 Å². The molecule has 1 N–H and O–H groups in total. The maximum Gasteiger partial charge on any atom is 0.320 e. The van der Waals surface area contributed by atoms with Crippen LogP contribution in [0.1, 0.15) is 23.4 Å². The number of halogens is 1. The molecule has 0 bridgehead atoms. The number of nitrogens with one attached hydrogen (secondary N) is 1. The fourth-order valence-electron chi connectivity index (χ4n) is 2.66. The van der Waals surface area contributed by atoms with Crippen molar-refractivity contribution in [3.05, 3.63) is 58.0 Å². The van der Waals surface area contributed by atoms with Gasteiger partial charge in [0, 0.05) is 18.5 Å². The number of hydrogen-bond donors (Lipinski definition) is 1. The van der Waals surface area contributed by atoms with E-state index in [1.54, 1.807) is 31.1 Å². The van der Waals surface area contributed by atoms with E-state index in [0.29, 0.717) is 13.2 Å². The molecule has 1 aromatic heterocycles. The van der Waals surface area contributed by atoms with Gasteiger partial charge in [-0.05, 0) is 36.1 Å². The average molecular weight is 408 g/mol. The molecule has 1 amide bonds. The molecule has 1 atom stereocenters. The highest BCUT2D eigenvalue weighted by Gasteiger charge is 2.21. The highest BCUT2D eigenvalue weighted by Crippen LogP contribution is 2.26. The van der Waals surface area contributed by atoms with Gasteiger partial charge < -0.3 is 14.8 Å². The van der Waals surface area contributed by atoms with Gasteiger partial charge in [0.25, 0.3) is 0 Å². The van der Waals surface area contributed by atoms with Crippen LogP contribution in [0, 0.1) is 5.82 Å². The first kappa shape index (κ1) is 22.0. The summed E-state index contributed by atoms with van der Waals surface area (Å²) >= 11 is 1.51. The lowest BCUT2D eigenvalue weighted by Crippen LogP contribution is -2.42. The zero-order chi connectivity index (χ0) is 20.4. The second-order valence-corrected chi connectivity index (χ2v) is 7.06. The average Bonchev–Trinajstić information content (AvgIpc) is 3.19. The van der Waals surface area contributed by atoms with E-state index >= 15 is 0 Å². The van der Waals surface area contributed by atoms with Gasteiger partial charge in [-0.2, -0.15) is 0 Å². The van der Waals surface area contributed by atoms with Crippen LogP contribution in [0.3, 0.4) is 0 Å². The van der Waals surface area contributed by atoms with E-state index in [0.717, 1.165) is 10.4 Å². The zero-order valence-electron chi connectivity index (χ0n) is 16.0. The number of ether oxygens (including phenoxy) is 2. The molecule has 0 saturated heterocycles. The number of carbonyl (C=O) groups excluding carboxylic acids is 2. The molecule has 6 nitrogen and oxygen atoms in total. The van der Waals surface area contributed by atoms with E-state index in [4.69, 9.17) is 9.47 Å². The van der Waals surface area contributed by atoms with Crippen LogP contribution in [0.25, 0.3) is 0 Å². The van der Waals surface area contributed by atoms with E-state index < -0.39 is 0 Å². The Balaban J connectivity index is 2.08. The molecule has 0 saturated carbocycles. The summed E-state index contributed by atoms with van der Waals surface area (Å²) in [5.41, 5.74) is 0.783. The molecular weight excluding hydrogens is 383 g/mol. The van der Waals surface area contributed by atoms with E-state index in [1.165, 1.54) is 23.5 Å². The van der Waals surface area contributed by atoms with E-state index in [2.05, 4.69) is 5.32 Å². The Morgan fingerprint density at radius 3 is 2.57 bits per heavy atom. The van der Waals surface area contributed by atoms with Crippen molar-refractivity contribution in [2.45, 2.75) is 13.0 Å². The van der Waals surface area contributed by atoms with Gasteiger partial charge in [0.15, 0.2) is 0 Å². The number of amides is 1. The number of benzene rings is 1. The standard InChI is InChI=1S/C20H25FN2O4S/c1-3-27-19(25)14-23(10-11-26-2)13-18(24)22-20(17-5-4-12-28-17)15-6-8-16(21)9-7-15/h4-9,12,20H,3,10-11,13-14H2,1-2H3,(H,22,24). The van der Waals surface area contributed by atoms with Gasteiger partial charge in [0.1, 0.15) is 5.82 Å². The number of esters is 1. The molecule has 0 aliphatic heterocycles. The summed E-state index contributed by atoms with van der Waals surface area (Å²) in [6, 6.07) is 9.47. The molecule has 0 aliphatic carbocycles. The molecule has 1 heterocycles. The second-order valence-electron chi connectivity index (χ2n) is 6.08. The summed E-state index contributed by atoms with van der Waals surface area (Å²) in [6.45, 7) is 2.85. The summed E-state index contributed by atoms with van der Waals surface area (Å²) in [6.07, 6.45) is 0. The number of nitrogens with zero attached hydrogens (tertiary/aromatic N) is 1. The van der Waals surface area contributed by atoms with Gasteiger partial charge in [-0.25, -0.2) is 4.39 Å². The highest BCUT2D eigenvalue weighted by atomic mass is 32.1. The maximum absolute atomic E-state index is 13.3. The van der Waals surface area contributed by atoms with Crippen molar-refractivity contribution in [1.29, 1.82) is 0 Å². The van der Waals surface area contributed by atoms with Crippen molar-refractivity contribution in [3.63, 3.8) is 0 Å². The first-order chi connectivity index (χ1) is 13.5. The summed E-state index contributed by atoms with van der Waals surface area (Å²) in [7, 11) is 1.56. The van der Waals surface area contributed by atoms with E-state index in [1.807, 2.05) is 17.5 Å². The zero-order valence-corrected chi connectivity index (χ0v) is 16.8. The van der Waals surface area contributed by atoms with Crippen LogP contribution < -0.4 is 5.32 Å². The van der Waals surface area contributed by atoms with Crippen LogP contribution >= 0.6 is 11.3 Å². The van der Waals surface area contributed by atoms with Gasteiger partial charge in [-0.3, -0.25) is 14.5 Å². The van der Waals surface area contributed by atoms with Crippen molar-refractivity contribution < 1.29 is 23.5 Å². The smallest absolute Gasteiger partial charge is 0.320 e. The Morgan fingerprint density at radius 1 is 1.21 bits per heavy atom. The first-order valence-corrected chi connectivity index (χ1v) is 9.86. The SMILES string of the molecule is CCOC(=O)CN(CCOC)CC(=O)NC(c1ccc(F)cc1)c1cccs1. The lowest BCUT2D eigenvalue weighted by Gasteiger charge is -2.23. The Kier molecular flexibility index (Phi) is 9.06. The lowest BCUT2D eigenvalue weighted by molar-refractivity contribution is -0.144. The number of carbonyl (C=O) groups is 2. The molecule has 0 aliphatic rings. The normalized spacial score (nSPS) is 12.0. The third-order valence-electron chi connectivity index (χ3n) is 3.97. The molecule has 1 aromatic carbocycles. The van der Waals surface area contributed by atoms with Crippen LogP contribution in [0.4, 0.5) is 4.39 Å². The topological polar surface area (TPSA) is 67.9 Å². The maximum atomic E-state index is 13.3. The molecule has 8 heteroatoms. The summed E-state index contributed by atoms with van der Waals surface area (Å²) in [5.74, 6) is -0.969. The highest BCUT2D eigenvalue weighted by molar-refractivity contribution is 7.10. The number of thiophene rings is 1. The fourth-order valence-corrected chi connectivity index (χ4v) is 3.47. The second kappa shape index (κ2) is 11.5. The molecule has 2 aromatic rings. The minimum atomic E-state index is -0.389. The Bertz CT molecular complexity index is 737. The van der Waals surface area contributed by atoms with Gasteiger partial charge in [-0.1, -0.05) is 18.2 Å². The fraction of sp³-hybridized carbons (Fsp3) is 0.400. The van der Waals surface area contributed by atoms with Gasteiger partial charge in [0.05, 0.1) is 32.3 Å². The minimum absolute atomic E-state index is 0.00480.